The summed E-state index contributed by atoms with van der Waals surface area (Å²) in [6.45, 7) is 6.90. The van der Waals surface area contributed by atoms with E-state index < -0.39 is 0 Å². The number of hydrogen-bond acceptors (Lipinski definition) is 3. The van der Waals surface area contributed by atoms with E-state index >= 15 is 0 Å². The van der Waals surface area contributed by atoms with Crippen LogP contribution >= 0.6 is 22.6 Å². The summed E-state index contributed by atoms with van der Waals surface area (Å²) in [6.07, 6.45) is 6.15. The first-order chi connectivity index (χ1) is 12.3. The molecule has 4 rings (SSSR count). The molecule has 0 spiro atoms. The van der Waals surface area contributed by atoms with E-state index in [-0.39, 0.29) is 0 Å². The third kappa shape index (κ3) is 3.58. The highest BCUT2D eigenvalue weighted by atomic mass is 127. The summed E-state index contributed by atoms with van der Waals surface area (Å²) in [4.78, 5) is 2.56. The van der Waals surface area contributed by atoms with Gasteiger partial charge in [0.2, 0.25) is 0 Å². The molecule has 134 valence electrons. The van der Waals surface area contributed by atoms with Crippen LogP contribution in [0.1, 0.15) is 49.8 Å². The van der Waals surface area contributed by atoms with Crippen molar-refractivity contribution in [2.75, 3.05) is 31.5 Å². The van der Waals surface area contributed by atoms with E-state index in [4.69, 9.17) is 5.10 Å². The lowest BCUT2D eigenvalue weighted by Gasteiger charge is -2.30. The van der Waals surface area contributed by atoms with Gasteiger partial charge in [-0.2, -0.15) is 5.10 Å². The van der Waals surface area contributed by atoms with Crippen LogP contribution in [0.5, 0.6) is 0 Å². The van der Waals surface area contributed by atoms with E-state index in [0.29, 0.717) is 5.92 Å². The van der Waals surface area contributed by atoms with Crippen molar-refractivity contribution in [1.82, 2.24) is 14.7 Å². The number of halogens is 1. The summed E-state index contributed by atoms with van der Waals surface area (Å²) >= 11 is 2.36. The highest BCUT2D eigenvalue weighted by molar-refractivity contribution is 14.1. The molecule has 0 radical (unpaired) electrons. The topological polar surface area (TPSA) is 33.1 Å². The Bertz CT molecular complexity index is 714. The zero-order valence-corrected chi connectivity index (χ0v) is 17.1. The Kier molecular flexibility index (Phi) is 5.31. The second-order valence-corrected chi connectivity index (χ2v) is 8.44. The number of nitrogens with one attached hydrogen (secondary N) is 1. The Morgan fingerprint density at radius 1 is 1.16 bits per heavy atom. The van der Waals surface area contributed by atoms with Crippen molar-refractivity contribution in [3.05, 3.63) is 39.1 Å². The van der Waals surface area contributed by atoms with Crippen LogP contribution in [0.15, 0.2) is 24.3 Å². The molecule has 0 saturated carbocycles. The number of aromatic nitrogens is 2. The molecule has 2 aliphatic heterocycles. The van der Waals surface area contributed by atoms with Crippen LogP contribution in [0.25, 0.3) is 5.69 Å². The van der Waals surface area contributed by atoms with Gasteiger partial charge in [0.1, 0.15) is 5.82 Å². The largest absolute Gasteiger partial charge is 0.370 e. The second-order valence-electron chi connectivity index (χ2n) is 7.19. The molecule has 1 aromatic heterocycles. The minimum absolute atomic E-state index is 0.613. The second kappa shape index (κ2) is 7.66. The molecule has 1 saturated heterocycles. The maximum atomic E-state index is 5.14. The summed E-state index contributed by atoms with van der Waals surface area (Å²) in [5.74, 6) is 1.85. The molecular weight excluding hydrogens is 423 g/mol. The molecule has 2 aliphatic rings. The Morgan fingerprint density at radius 2 is 1.92 bits per heavy atom. The van der Waals surface area contributed by atoms with Gasteiger partial charge < -0.3 is 10.2 Å². The van der Waals surface area contributed by atoms with Gasteiger partial charge in [-0.1, -0.05) is 6.92 Å². The maximum absolute atomic E-state index is 5.14. The summed E-state index contributed by atoms with van der Waals surface area (Å²) in [6, 6.07) is 8.70. The predicted molar refractivity (Wildman–Crippen MR) is 112 cm³/mol. The fourth-order valence-electron chi connectivity index (χ4n) is 4.15. The number of hydrogen-bond donors (Lipinski definition) is 1. The van der Waals surface area contributed by atoms with Gasteiger partial charge in [-0.05, 0) is 98.6 Å². The van der Waals surface area contributed by atoms with E-state index in [0.717, 1.165) is 13.0 Å². The molecule has 3 heterocycles. The van der Waals surface area contributed by atoms with Crippen LogP contribution in [-0.2, 0) is 6.42 Å². The highest BCUT2D eigenvalue weighted by Gasteiger charge is 2.28. The molecule has 0 atom stereocenters. The molecule has 0 amide bonds. The molecule has 25 heavy (non-hydrogen) atoms. The average molecular weight is 450 g/mol. The maximum Gasteiger partial charge on any atom is 0.133 e. The highest BCUT2D eigenvalue weighted by Crippen LogP contribution is 2.36. The van der Waals surface area contributed by atoms with Gasteiger partial charge in [-0.25, -0.2) is 4.68 Å². The molecule has 1 N–H and O–H groups in total. The van der Waals surface area contributed by atoms with Crippen LogP contribution in [0.4, 0.5) is 5.82 Å². The summed E-state index contributed by atoms with van der Waals surface area (Å²) in [5, 5.41) is 8.82. The van der Waals surface area contributed by atoms with Crippen molar-refractivity contribution < 1.29 is 0 Å². The Balaban J connectivity index is 1.71. The third-order valence-corrected chi connectivity index (χ3v) is 6.37. The lowest BCUT2D eigenvalue weighted by atomic mass is 9.90. The first kappa shape index (κ1) is 17.3. The van der Waals surface area contributed by atoms with Crippen LogP contribution < -0.4 is 5.32 Å². The molecule has 1 fully saturated rings. The summed E-state index contributed by atoms with van der Waals surface area (Å²) in [7, 11) is 0. The van der Waals surface area contributed by atoms with E-state index in [1.807, 2.05) is 0 Å². The SMILES string of the molecule is CCN1CCC(c2nn(-c3ccc(I)cc3)c3c2CCCCN3)CC1. The minimum atomic E-state index is 0.613. The lowest BCUT2D eigenvalue weighted by molar-refractivity contribution is 0.220. The first-order valence-corrected chi connectivity index (χ1v) is 10.7. The number of benzene rings is 1. The van der Waals surface area contributed by atoms with E-state index in [1.165, 1.54) is 71.7 Å². The molecule has 4 nitrogen and oxygen atoms in total. The summed E-state index contributed by atoms with van der Waals surface area (Å²) < 4.78 is 3.43. The van der Waals surface area contributed by atoms with E-state index in [2.05, 4.69) is 68.7 Å². The summed E-state index contributed by atoms with van der Waals surface area (Å²) in [5.41, 5.74) is 4.01. The Hall–Kier alpha value is -1.08. The fourth-order valence-corrected chi connectivity index (χ4v) is 4.51. The van der Waals surface area contributed by atoms with Gasteiger partial charge in [-0.15, -0.1) is 0 Å². The van der Waals surface area contributed by atoms with Crippen LogP contribution in [0, 0.1) is 3.57 Å². The minimum Gasteiger partial charge on any atom is -0.370 e. The first-order valence-electron chi connectivity index (χ1n) is 9.60. The average Bonchev–Trinajstić information content (AvgIpc) is 2.84. The van der Waals surface area contributed by atoms with Crippen LogP contribution in [0.3, 0.4) is 0 Å². The van der Waals surface area contributed by atoms with Crippen molar-refractivity contribution in [3.8, 4) is 5.69 Å². The number of rotatable bonds is 3. The number of anilines is 1. The number of likely N-dealkylation sites (tertiary alicyclic amines) is 1. The standard InChI is InChI=1S/C20H27IN4/c1-2-24-13-10-15(11-14-24)19-18-5-3-4-12-22-20(18)25(23-19)17-8-6-16(21)7-9-17/h6-9,15,22H,2-5,10-14H2,1H3. The molecule has 0 aliphatic carbocycles. The predicted octanol–water partition coefficient (Wildman–Crippen LogP) is 4.42. The van der Waals surface area contributed by atoms with Crippen molar-refractivity contribution in [3.63, 3.8) is 0 Å². The quantitative estimate of drug-likeness (QED) is 0.703. The van der Waals surface area contributed by atoms with Gasteiger partial charge in [0, 0.05) is 21.6 Å². The molecule has 5 heteroatoms. The van der Waals surface area contributed by atoms with Crippen LogP contribution in [-0.4, -0.2) is 40.9 Å². The van der Waals surface area contributed by atoms with E-state index in [9.17, 15) is 0 Å². The molecular formula is C20H27IN4. The molecule has 0 bridgehead atoms. The van der Waals surface area contributed by atoms with Gasteiger partial charge in [0.15, 0.2) is 0 Å². The van der Waals surface area contributed by atoms with Crippen molar-refractivity contribution in [2.24, 2.45) is 0 Å². The monoisotopic (exact) mass is 450 g/mol. The smallest absolute Gasteiger partial charge is 0.133 e. The van der Waals surface area contributed by atoms with Gasteiger partial charge in [-0.3, -0.25) is 0 Å². The van der Waals surface area contributed by atoms with Crippen molar-refractivity contribution in [1.29, 1.82) is 0 Å². The van der Waals surface area contributed by atoms with Gasteiger partial charge >= 0.3 is 0 Å². The molecule has 1 aromatic carbocycles. The fraction of sp³-hybridized carbons (Fsp3) is 0.550. The third-order valence-electron chi connectivity index (χ3n) is 5.65. The van der Waals surface area contributed by atoms with Gasteiger partial charge in [0.25, 0.3) is 0 Å². The molecule has 2 aromatic rings. The Labute approximate surface area is 164 Å². The normalized spacial score (nSPS) is 19.3. The zero-order chi connectivity index (χ0) is 17.2. The number of nitrogens with zero attached hydrogens (tertiary/aromatic N) is 3. The molecule has 0 unspecified atom stereocenters. The number of fused-ring (bicyclic) bond motifs is 1. The van der Waals surface area contributed by atoms with Crippen molar-refractivity contribution in [2.45, 2.75) is 44.9 Å². The number of piperidine rings is 1. The zero-order valence-electron chi connectivity index (χ0n) is 15.0. The Morgan fingerprint density at radius 3 is 2.64 bits per heavy atom. The van der Waals surface area contributed by atoms with Gasteiger partial charge in [0.05, 0.1) is 11.4 Å². The lowest BCUT2D eigenvalue weighted by Crippen LogP contribution is -2.33. The van der Waals surface area contributed by atoms with E-state index in [1.54, 1.807) is 0 Å². The van der Waals surface area contributed by atoms with Crippen molar-refractivity contribution >= 4 is 28.4 Å². The van der Waals surface area contributed by atoms with Crippen LogP contribution in [0.2, 0.25) is 0 Å².